The van der Waals surface area contributed by atoms with Gasteiger partial charge in [-0.1, -0.05) is 39.0 Å². The van der Waals surface area contributed by atoms with E-state index in [0.717, 1.165) is 0 Å². The summed E-state index contributed by atoms with van der Waals surface area (Å²) < 4.78 is 14.7. The van der Waals surface area contributed by atoms with Gasteiger partial charge >= 0.3 is 0 Å². The largest absolute Gasteiger partial charge is 0.408 e. The van der Waals surface area contributed by atoms with E-state index in [2.05, 4.69) is 54.1 Å². The van der Waals surface area contributed by atoms with Crippen molar-refractivity contribution >= 4 is 43.0 Å². The van der Waals surface area contributed by atoms with Crippen molar-refractivity contribution in [3.63, 3.8) is 0 Å². The zero-order valence-corrected chi connectivity index (χ0v) is 22.7. The number of aromatic nitrogens is 4. The number of rotatable bonds is 7. The first-order valence-corrected chi connectivity index (χ1v) is 15.9. The topological polar surface area (TPSA) is 111 Å². The van der Waals surface area contributed by atoms with Crippen LogP contribution in [0.15, 0.2) is 43.0 Å². The van der Waals surface area contributed by atoms with Gasteiger partial charge in [-0.05, 0) is 36.5 Å². The molecule has 1 aliphatic heterocycles. The number of carbonyl (C=O) groups is 1. The Kier molecular flexibility index (Phi) is 7.35. The molecule has 1 aliphatic rings. The molecule has 4 atom stereocenters. The van der Waals surface area contributed by atoms with E-state index in [4.69, 9.17) is 9.16 Å². The Morgan fingerprint density at radius 3 is 2.60 bits per heavy atom. The molecule has 1 aromatic carbocycles. The van der Waals surface area contributed by atoms with Gasteiger partial charge in [-0.15, -0.1) is 0 Å². The zero-order chi connectivity index (χ0) is 25.4. The molecule has 2 aromatic heterocycles. The van der Waals surface area contributed by atoms with Crippen LogP contribution in [0.1, 0.15) is 37.4 Å². The molecule has 9 nitrogen and oxygen atoms in total. The summed E-state index contributed by atoms with van der Waals surface area (Å²) in [6.07, 6.45) is 2.56. The maximum Gasteiger partial charge on any atom is 0.256 e. The number of nitrogens with zero attached hydrogens (tertiary/aromatic N) is 4. The molecule has 188 valence electrons. The van der Waals surface area contributed by atoms with Gasteiger partial charge in [-0.2, -0.15) is 11.8 Å². The zero-order valence-electron chi connectivity index (χ0n) is 20.9. The average Bonchev–Trinajstić information content (AvgIpc) is 3.36. The van der Waals surface area contributed by atoms with Crippen molar-refractivity contribution < 1.29 is 19.1 Å². The molecule has 3 aromatic rings. The van der Waals surface area contributed by atoms with Gasteiger partial charge in [0.05, 0.1) is 12.4 Å². The Hall–Kier alpha value is -2.31. The summed E-state index contributed by atoms with van der Waals surface area (Å²) in [6.45, 7) is 10.9. The summed E-state index contributed by atoms with van der Waals surface area (Å²) in [5.74, 6) is 0.692. The van der Waals surface area contributed by atoms with Crippen molar-refractivity contribution in [2.75, 3.05) is 17.3 Å². The van der Waals surface area contributed by atoms with Crippen LogP contribution >= 0.6 is 11.8 Å². The number of benzene rings is 1. The number of hydrogen-bond acceptors (Lipinski definition) is 8. The van der Waals surface area contributed by atoms with Crippen LogP contribution in [0, 0.1) is 0 Å². The number of amides is 1. The molecule has 1 amide bonds. The standard InChI is InChI=1S/C24H33N5O4SSi/c1-24(2,3)35(5,6)33-19-16(12-34-4)32-23(18(19)30)29-14-27-17-20(25-13-26-21(17)29)28-22(31)15-10-8-7-9-11-15/h7-11,13-14,16,18-19,23,30H,12H2,1-6H3,(H,25,26,28,31)/t16-,18-,19-,23-/m1/s1. The molecule has 0 saturated carbocycles. The van der Waals surface area contributed by atoms with Gasteiger partial charge in [0.15, 0.2) is 31.5 Å². The highest BCUT2D eigenvalue weighted by Crippen LogP contribution is 2.42. The number of fused-ring (bicyclic) bond motifs is 1. The van der Waals surface area contributed by atoms with E-state index >= 15 is 0 Å². The summed E-state index contributed by atoms with van der Waals surface area (Å²) in [4.78, 5) is 25.7. The number of carbonyl (C=O) groups excluding carboxylic acids is 1. The second kappa shape index (κ2) is 9.98. The summed E-state index contributed by atoms with van der Waals surface area (Å²) in [7, 11) is -2.16. The normalized spacial score (nSPS) is 23.1. The summed E-state index contributed by atoms with van der Waals surface area (Å²) in [5, 5.41) is 14.2. The van der Waals surface area contributed by atoms with E-state index < -0.39 is 26.8 Å². The molecule has 0 aliphatic carbocycles. The number of hydrogen-bond donors (Lipinski definition) is 2. The Morgan fingerprint density at radius 2 is 1.94 bits per heavy atom. The van der Waals surface area contributed by atoms with Gasteiger partial charge in [0.2, 0.25) is 0 Å². The number of nitrogens with one attached hydrogen (secondary N) is 1. The third-order valence-electron chi connectivity index (χ3n) is 6.78. The molecule has 35 heavy (non-hydrogen) atoms. The molecule has 1 saturated heterocycles. The molecule has 0 unspecified atom stereocenters. The Labute approximate surface area is 210 Å². The predicted octanol–water partition coefficient (Wildman–Crippen LogP) is 4.09. The van der Waals surface area contributed by atoms with Crippen molar-refractivity contribution in [2.45, 2.75) is 63.4 Å². The minimum absolute atomic E-state index is 0.00446. The molecule has 2 N–H and O–H groups in total. The minimum atomic E-state index is -2.16. The van der Waals surface area contributed by atoms with Crippen LogP contribution in [0.25, 0.3) is 11.2 Å². The monoisotopic (exact) mass is 515 g/mol. The van der Waals surface area contributed by atoms with Gasteiger partial charge in [-0.25, -0.2) is 15.0 Å². The average molecular weight is 516 g/mol. The van der Waals surface area contributed by atoms with Crippen molar-refractivity contribution in [1.29, 1.82) is 0 Å². The lowest BCUT2D eigenvalue weighted by Gasteiger charge is -2.40. The van der Waals surface area contributed by atoms with Crippen molar-refractivity contribution in [2.24, 2.45) is 0 Å². The van der Waals surface area contributed by atoms with E-state index in [1.165, 1.54) is 6.33 Å². The highest BCUT2D eigenvalue weighted by molar-refractivity contribution is 7.98. The van der Waals surface area contributed by atoms with E-state index in [0.29, 0.717) is 28.3 Å². The Bertz CT molecular complexity index is 1180. The molecule has 3 heterocycles. The smallest absolute Gasteiger partial charge is 0.256 e. The molecule has 0 radical (unpaired) electrons. The first-order valence-electron chi connectivity index (χ1n) is 11.6. The van der Waals surface area contributed by atoms with Gasteiger partial charge in [0.25, 0.3) is 5.91 Å². The number of thioether (sulfide) groups is 1. The lowest BCUT2D eigenvalue weighted by molar-refractivity contribution is -0.0288. The van der Waals surface area contributed by atoms with Gasteiger partial charge in [0, 0.05) is 11.3 Å². The first-order chi connectivity index (χ1) is 16.5. The Balaban J connectivity index is 1.62. The maximum absolute atomic E-state index is 12.7. The Morgan fingerprint density at radius 1 is 1.23 bits per heavy atom. The number of aliphatic hydroxyl groups is 1. The van der Waals surface area contributed by atoms with Crippen LogP contribution in [-0.2, 0) is 9.16 Å². The second-order valence-corrected chi connectivity index (χ2v) is 15.9. The van der Waals surface area contributed by atoms with Crippen molar-refractivity contribution in [1.82, 2.24) is 19.5 Å². The third kappa shape index (κ3) is 5.14. The number of imidazole rings is 1. The molecular formula is C24H33N5O4SSi. The minimum Gasteiger partial charge on any atom is -0.408 e. The van der Waals surface area contributed by atoms with E-state index in [-0.39, 0.29) is 17.0 Å². The molecule has 1 fully saturated rings. The summed E-state index contributed by atoms with van der Waals surface area (Å²) in [6, 6.07) is 8.89. The van der Waals surface area contributed by atoms with Crippen LogP contribution in [0.5, 0.6) is 0 Å². The van der Waals surface area contributed by atoms with Crippen LogP contribution in [-0.4, -0.2) is 69.2 Å². The van der Waals surface area contributed by atoms with E-state index in [1.807, 2.05) is 12.3 Å². The fraction of sp³-hybridized carbons (Fsp3) is 0.500. The fourth-order valence-electron chi connectivity index (χ4n) is 3.81. The van der Waals surface area contributed by atoms with Crippen LogP contribution < -0.4 is 5.32 Å². The second-order valence-electron chi connectivity index (χ2n) is 10.2. The van der Waals surface area contributed by atoms with Crippen molar-refractivity contribution in [3.05, 3.63) is 48.5 Å². The third-order valence-corrected chi connectivity index (χ3v) is 11.9. The van der Waals surface area contributed by atoms with Crippen LogP contribution in [0.4, 0.5) is 5.82 Å². The lowest BCUT2D eigenvalue weighted by atomic mass is 10.1. The van der Waals surface area contributed by atoms with E-state index in [1.54, 1.807) is 46.9 Å². The van der Waals surface area contributed by atoms with Gasteiger partial charge in [-0.3, -0.25) is 9.36 Å². The van der Waals surface area contributed by atoms with Gasteiger partial charge in [0.1, 0.15) is 18.5 Å². The first kappa shape index (κ1) is 25.8. The SMILES string of the molecule is CSC[C@H]1O[C@@H](n2cnc3c(NC(=O)c4ccccc4)ncnc32)[C@H](O)[C@@H]1O[Si](C)(C)C(C)(C)C. The molecule has 0 bridgehead atoms. The molecular weight excluding hydrogens is 482 g/mol. The molecule has 4 rings (SSSR count). The highest BCUT2D eigenvalue weighted by atomic mass is 32.2. The van der Waals surface area contributed by atoms with Crippen molar-refractivity contribution in [3.8, 4) is 0 Å². The molecule has 11 heteroatoms. The summed E-state index contributed by atoms with van der Waals surface area (Å²) >= 11 is 1.65. The van der Waals surface area contributed by atoms with Gasteiger partial charge < -0.3 is 19.6 Å². The highest BCUT2D eigenvalue weighted by Gasteiger charge is 2.50. The predicted molar refractivity (Wildman–Crippen MR) is 140 cm³/mol. The quantitative estimate of drug-likeness (QED) is 0.453. The molecule has 0 spiro atoms. The number of ether oxygens (including phenoxy) is 1. The number of anilines is 1. The van der Waals surface area contributed by atoms with Crippen LogP contribution in [0.2, 0.25) is 18.1 Å². The summed E-state index contributed by atoms with van der Waals surface area (Å²) in [5.41, 5.74) is 1.39. The number of aliphatic hydroxyl groups excluding tert-OH is 1. The fourth-order valence-corrected chi connectivity index (χ4v) is 5.73. The lowest BCUT2D eigenvalue weighted by Crippen LogP contribution is -2.49. The van der Waals surface area contributed by atoms with Crippen LogP contribution in [0.3, 0.4) is 0 Å². The maximum atomic E-state index is 12.7. The van der Waals surface area contributed by atoms with E-state index in [9.17, 15) is 9.90 Å².